The second-order valence-electron chi connectivity index (χ2n) is 5.43. The number of hydrogen-bond acceptors (Lipinski definition) is 4. The average Bonchev–Trinajstić information content (AvgIpc) is 2.61. The number of nitrogens with one attached hydrogen (secondary N) is 2. The van der Waals surface area contributed by atoms with E-state index in [1.807, 2.05) is 37.3 Å². The fourth-order valence-electron chi connectivity index (χ4n) is 2.35. The number of morpholine rings is 1. The highest BCUT2D eigenvalue weighted by Gasteiger charge is 2.23. The zero-order valence-corrected chi connectivity index (χ0v) is 14.9. The molecule has 2 N–H and O–H groups in total. The van der Waals surface area contributed by atoms with Gasteiger partial charge in [-0.3, -0.25) is 0 Å². The molecule has 0 aromatic heterocycles. The summed E-state index contributed by atoms with van der Waals surface area (Å²) in [4.78, 5) is 4.48. The SMILES string of the molecule is CCNC(=NCc1ccccc1)NCCS(=O)(=O)N1CCOCC1. The van der Waals surface area contributed by atoms with Gasteiger partial charge in [0.2, 0.25) is 10.0 Å². The fraction of sp³-hybridized carbons (Fsp3) is 0.562. The summed E-state index contributed by atoms with van der Waals surface area (Å²) < 4.78 is 31.2. The number of sulfonamides is 1. The third-order valence-corrected chi connectivity index (χ3v) is 5.49. The van der Waals surface area contributed by atoms with E-state index < -0.39 is 10.0 Å². The molecule has 24 heavy (non-hydrogen) atoms. The van der Waals surface area contributed by atoms with E-state index in [1.165, 1.54) is 4.31 Å². The number of benzene rings is 1. The second-order valence-corrected chi connectivity index (χ2v) is 7.52. The van der Waals surface area contributed by atoms with Crippen LogP contribution in [0.4, 0.5) is 0 Å². The molecule has 1 heterocycles. The van der Waals surface area contributed by atoms with Gasteiger partial charge in [0.1, 0.15) is 0 Å². The van der Waals surface area contributed by atoms with Crippen molar-refractivity contribution in [1.29, 1.82) is 0 Å². The number of ether oxygens (including phenoxy) is 1. The minimum atomic E-state index is -3.25. The van der Waals surface area contributed by atoms with Crippen LogP contribution in [-0.4, -0.2) is 63.8 Å². The lowest BCUT2D eigenvalue weighted by atomic mass is 10.2. The zero-order chi connectivity index (χ0) is 17.3. The Hall–Kier alpha value is -1.64. The molecule has 0 radical (unpaired) electrons. The first-order chi connectivity index (χ1) is 11.6. The third-order valence-electron chi connectivity index (χ3n) is 3.62. The maximum atomic E-state index is 12.3. The zero-order valence-electron chi connectivity index (χ0n) is 14.1. The van der Waals surface area contributed by atoms with E-state index in [9.17, 15) is 8.42 Å². The Labute approximate surface area is 144 Å². The molecule has 0 spiro atoms. The second kappa shape index (κ2) is 9.61. The molecule has 134 valence electrons. The van der Waals surface area contributed by atoms with Gasteiger partial charge in [0.05, 0.1) is 25.5 Å². The van der Waals surface area contributed by atoms with Crippen LogP contribution in [0.15, 0.2) is 35.3 Å². The predicted octanol–water partition coefficient (Wildman–Crippen LogP) is 0.404. The smallest absolute Gasteiger partial charge is 0.215 e. The molecular weight excluding hydrogens is 328 g/mol. The molecule has 0 bridgehead atoms. The van der Waals surface area contributed by atoms with Gasteiger partial charge >= 0.3 is 0 Å². The molecule has 1 aliphatic rings. The Kier molecular flexibility index (Phi) is 7.48. The Bertz CT molecular complexity index is 613. The topological polar surface area (TPSA) is 83.0 Å². The van der Waals surface area contributed by atoms with Crippen molar-refractivity contribution in [1.82, 2.24) is 14.9 Å². The first kappa shape index (κ1) is 18.7. The maximum Gasteiger partial charge on any atom is 0.215 e. The Morgan fingerprint density at radius 2 is 1.92 bits per heavy atom. The van der Waals surface area contributed by atoms with Gasteiger partial charge in [-0.2, -0.15) is 4.31 Å². The van der Waals surface area contributed by atoms with Crippen molar-refractivity contribution in [3.8, 4) is 0 Å². The lowest BCUT2D eigenvalue weighted by molar-refractivity contribution is 0.0730. The lowest BCUT2D eigenvalue weighted by Crippen LogP contribution is -2.45. The average molecular weight is 354 g/mol. The highest BCUT2D eigenvalue weighted by molar-refractivity contribution is 7.89. The first-order valence-electron chi connectivity index (χ1n) is 8.23. The number of aliphatic imine (C=N–C) groups is 1. The van der Waals surface area contributed by atoms with E-state index in [1.54, 1.807) is 0 Å². The Morgan fingerprint density at radius 3 is 2.58 bits per heavy atom. The van der Waals surface area contributed by atoms with Crippen LogP contribution in [0.2, 0.25) is 0 Å². The lowest BCUT2D eigenvalue weighted by Gasteiger charge is -2.26. The molecule has 1 saturated heterocycles. The van der Waals surface area contributed by atoms with E-state index in [4.69, 9.17) is 4.74 Å². The Morgan fingerprint density at radius 1 is 1.21 bits per heavy atom. The minimum absolute atomic E-state index is 0.0444. The molecule has 0 unspecified atom stereocenters. The number of nitrogens with zero attached hydrogens (tertiary/aromatic N) is 2. The van der Waals surface area contributed by atoms with Crippen LogP contribution < -0.4 is 10.6 Å². The van der Waals surface area contributed by atoms with E-state index in [2.05, 4.69) is 15.6 Å². The van der Waals surface area contributed by atoms with Crippen molar-refractivity contribution in [3.63, 3.8) is 0 Å². The van der Waals surface area contributed by atoms with E-state index >= 15 is 0 Å². The summed E-state index contributed by atoms with van der Waals surface area (Å²) in [5, 5.41) is 6.22. The minimum Gasteiger partial charge on any atom is -0.379 e. The summed E-state index contributed by atoms with van der Waals surface area (Å²) in [5.41, 5.74) is 1.11. The van der Waals surface area contributed by atoms with Crippen LogP contribution in [0.1, 0.15) is 12.5 Å². The monoisotopic (exact) mass is 354 g/mol. The van der Waals surface area contributed by atoms with Crippen LogP contribution in [0.25, 0.3) is 0 Å². The van der Waals surface area contributed by atoms with Crippen molar-refractivity contribution in [2.24, 2.45) is 4.99 Å². The molecule has 0 saturated carbocycles. The van der Waals surface area contributed by atoms with E-state index in [-0.39, 0.29) is 5.75 Å². The molecule has 2 rings (SSSR count). The summed E-state index contributed by atoms with van der Waals surface area (Å²) >= 11 is 0. The van der Waals surface area contributed by atoms with Crippen LogP contribution in [0, 0.1) is 0 Å². The van der Waals surface area contributed by atoms with Gasteiger partial charge in [0, 0.05) is 26.2 Å². The molecule has 0 aliphatic carbocycles. The molecule has 1 fully saturated rings. The highest BCUT2D eigenvalue weighted by Crippen LogP contribution is 2.05. The van der Waals surface area contributed by atoms with Crippen molar-refractivity contribution in [3.05, 3.63) is 35.9 Å². The molecule has 0 atom stereocenters. The summed E-state index contributed by atoms with van der Waals surface area (Å²) in [5.74, 6) is 0.668. The molecule has 1 aliphatic heterocycles. The maximum absolute atomic E-state index is 12.3. The molecule has 8 heteroatoms. The van der Waals surface area contributed by atoms with Crippen LogP contribution >= 0.6 is 0 Å². The van der Waals surface area contributed by atoms with Gasteiger partial charge in [-0.05, 0) is 12.5 Å². The molecule has 0 amide bonds. The van der Waals surface area contributed by atoms with E-state index in [0.29, 0.717) is 45.4 Å². The van der Waals surface area contributed by atoms with E-state index in [0.717, 1.165) is 12.1 Å². The van der Waals surface area contributed by atoms with Crippen molar-refractivity contribution >= 4 is 16.0 Å². The van der Waals surface area contributed by atoms with Crippen LogP contribution in [-0.2, 0) is 21.3 Å². The Balaban J connectivity index is 1.84. The van der Waals surface area contributed by atoms with Crippen molar-refractivity contribution in [2.75, 3.05) is 45.1 Å². The standard InChI is InChI=1S/C16H26N4O3S/c1-2-17-16(19-14-15-6-4-3-5-7-15)18-8-13-24(21,22)20-9-11-23-12-10-20/h3-7H,2,8-14H2,1H3,(H2,17,18,19). The summed E-state index contributed by atoms with van der Waals surface area (Å²) in [6.07, 6.45) is 0. The fourth-order valence-corrected chi connectivity index (χ4v) is 3.67. The van der Waals surface area contributed by atoms with Gasteiger partial charge in [-0.15, -0.1) is 0 Å². The van der Waals surface area contributed by atoms with Crippen molar-refractivity contribution in [2.45, 2.75) is 13.5 Å². The van der Waals surface area contributed by atoms with Gasteiger partial charge in [0.15, 0.2) is 5.96 Å². The van der Waals surface area contributed by atoms with Crippen LogP contribution in [0.3, 0.4) is 0 Å². The van der Waals surface area contributed by atoms with Gasteiger partial charge < -0.3 is 15.4 Å². The number of guanidine groups is 1. The highest BCUT2D eigenvalue weighted by atomic mass is 32.2. The third kappa shape index (κ3) is 6.10. The summed E-state index contributed by atoms with van der Waals surface area (Å²) in [6, 6.07) is 9.93. The molecular formula is C16H26N4O3S. The number of hydrogen-bond donors (Lipinski definition) is 2. The first-order valence-corrected chi connectivity index (χ1v) is 9.84. The quantitative estimate of drug-likeness (QED) is 0.547. The van der Waals surface area contributed by atoms with Gasteiger partial charge in [-0.25, -0.2) is 13.4 Å². The normalized spacial score (nSPS) is 16.8. The van der Waals surface area contributed by atoms with Crippen molar-refractivity contribution < 1.29 is 13.2 Å². The molecule has 1 aromatic rings. The largest absolute Gasteiger partial charge is 0.379 e. The van der Waals surface area contributed by atoms with Crippen LogP contribution in [0.5, 0.6) is 0 Å². The van der Waals surface area contributed by atoms with Gasteiger partial charge in [0.25, 0.3) is 0 Å². The summed E-state index contributed by atoms with van der Waals surface area (Å²) in [6.45, 7) is 5.37. The molecule has 7 nitrogen and oxygen atoms in total. The summed E-state index contributed by atoms with van der Waals surface area (Å²) in [7, 11) is -3.25. The number of rotatable bonds is 7. The predicted molar refractivity (Wildman–Crippen MR) is 95.4 cm³/mol. The van der Waals surface area contributed by atoms with Gasteiger partial charge in [-0.1, -0.05) is 30.3 Å². The molecule has 1 aromatic carbocycles.